The summed E-state index contributed by atoms with van der Waals surface area (Å²) in [5, 5.41) is 0. The second-order valence-electron chi connectivity index (χ2n) is 12.8. The summed E-state index contributed by atoms with van der Waals surface area (Å²) in [7, 11) is 0. The quantitative estimate of drug-likeness (QED) is 0.0586. The molecule has 0 aliphatic rings. The molecular weight excluding hydrogens is 885 g/mol. The van der Waals surface area contributed by atoms with E-state index >= 15 is 14.4 Å². The van der Waals surface area contributed by atoms with Gasteiger partial charge in [-0.1, -0.05) is 0 Å². The van der Waals surface area contributed by atoms with Crippen molar-refractivity contribution in [2.75, 3.05) is 0 Å². The molecule has 296 valence electrons. The van der Waals surface area contributed by atoms with Crippen molar-refractivity contribution in [2.45, 2.75) is 2.27 Å². The van der Waals surface area contributed by atoms with E-state index in [1.165, 1.54) is 18.2 Å². The van der Waals surface area contributed by atoms with Crippen LogP contribution in [0.3, 0.4) is 0 Å². The molecule has 0 saturated carbocycles. The minimum atomic E-state index is -5.06. The molecular formula is C52H39Cl3O3Pd. The van der Waals surface area contributed by atoms with Crippen molar-refractivity contribution in [3.63, 3.8) is 0 Å². The molecule has 6 rings (SSSR count). The first-order valence-electron chi connectivity index (χ1n) is 18.5. The summed E-state index contributed by atoms with van der Waals surface area (Å²) in [6.45, 7) is 0. The van der Waals surface area contributed by atoms with Gasteiger partial charge in [0.2, 0.25) is 0 Å². The molecule has 6 aromatic carbocycles. The normalized spacial score (nSPS) is 14.3. The third-order valence-electron chi connectivity index (χ3n) is 8.63. The van der Waals surface area contributed by atoms with Crippen molar-refractivity contribution in [1.29, 1.82) is 0 Å². The predicted octanol–water partition coefficient (Wildman–Crippen LogP) is 13.4. The number of carbonyl (C=O) groups is 3. The van der Waals surface area contributed by atoms with Crippen LogP contribution in [0.25, 0.3) is 36.5 Å². The second kappa shape index (κ2) is 20.8. The molecule has 0 aliphatic carbocycles. The van der Waals surface area contributed by atoms with Gasteiger partial charge in [-0.2, -0.15) is 0 Å². The van der Waals surface area contributed by atoms with E-state index in [9.17, 15) is 0 Å². The zero-order chi connectivity index (χ0) is 41.5. The Morgan fingerprint density at radius 2 is 0.542 bits per heavy atom. The third kappa shape index (κ3) is 11.3. The summed E-state index contributed by atoms with van der Waals surface area (Å²) in [5.74, 6) is -1.59. The van der Waals surface area contributed by atoms with Gasteiger partial charge < -0.3 is 0 Å². The predicted molar refractivity (Wildman–Crippen MR) is 245 cm³/mol. The fraction of sp³-hybridized carbons (Fsp3) is 0.0192. The van der Waals surface area contributed by atoms with E-state index in [0.717, 1.165) is 16.7 Å². The molecule has 0 radical (unpaired) electrons. The van der Waals surface area contributed by atoms with E-state index in [2.05, 4.69) is 0 Å². The van der Waals surface area contributed by atoms with Gasteiger partial charge in [-0.05, 0) is 0 Å². The van der Waals surface area contributed by atoms with Gasteiger partial charge in [-0.25, -0.2) is 0 Å². The number of carbonyl (C=O) groups excluding carboxylic acids is 3. The van der Waals surface area contributed by atoms with Gasteiger partial charge in [-0.3, -0.25) is 0 Å². The Labute approximate surface area is 364 Å². The zero-order valence-corrected chi connectivity index (χ0v) is 35.5. The Morgan fingerprint density at radius 3 is 0.746 bits per heavy atom. The molecule has 0 fully saturated rings. The summed E-state index contributed by atoms with van der Waals surface area (Å²) in [6.07, 6.45) is 14.3. The van der Waals surface area contributed by atoms with E-state index < -0.39 is 35.2 Å². The van der Waals surface area contributed by atoms with Gasteiger partial charge in [0, 0.05) is 0 Å². The third-order valence-corrected chi connectivity index (χ3v) is 18.7. The molecule has 7 heteroatoms. The van der Waals surface area contributed by atoms with Gasteiger partial charge in [0.05, 0.1) is 0 Å². The number of rotatable bonds is 15. The van der Waals surface area contributed by atoms with Crippen LogP contribution in [0, 0.1) is 0 Å². The molecule has 0 atom stereocenters. The number of hydrogen-bond donors (Lipinski definition) is 0. The summed E-state index contributed by atoms with van der Waals surface area (Å²) < 4.78 is -2.34. The van der Waals surface area contributed by atoms with Crippen molar-refractivity contribution in [3.05, 3.63) is 246 Å². The van der Waals surface area contributed by atoms with Gasteiger partial charge in [-0.15, -0.1) is 0 Å². The fourth-order valence-electron chi connectivity index (χ4n) is 5.82. The Hall–Kier alpha value is -5.70. The molecule has 0 saturated heterocycles. The summed E-state index contributed by atoms with van der Waals surface area (Å²) in [4.78, 5) is 46.0. The van der Waals surface area contributed by atoms with Gasteiger partial charge in [0.1, 0.15) is 0 Å². The van der Waals surface area contributed by atoms with Crippen LogP contribution in [0.5, 0.6) is 0 Å². The van der Waals surface area contributed by atoms with Crippen LogP contribution in [-0.4, -0.2) is 19.6 Å². The van der Waals surface area contributed by atoms with Gasteiger partial charge in [0.15, 0.2) is 0 Å². The number of halogens is 3. The number of allylic oxidation sites excluding steroid dienone is 6. The molecule has 0 aliphatic heterocycles. The average molecular weight is 925 g/mol. The van der Waals surface area contributed by atoms with Crippen LogP contribution in [-0.2, 0) is 29.9 Å². The monoisotopic (exact) mass is 922 g/mol. The number of benzene rings is 6. The first-order chi connectivity index (χ1) is 28.6. The topological polar surface area (TPSA) is 51.2 Å². The van der Waals surface area contributed by atoms with E-state index in [0.29, 0.717) is 16.7 Å². The van der Waals surface area contributed by atoms with Crippen molar-refractivity contribution < 1.29 is 29.9 Å². The molecule has 0 bridgehead atoms. The fourth-order valence-corrected chi connectivity index (χ4v) is 15.9. The van der Waals surface area contributed by atoms with Crippen molar-refractivity contribution >= 4 is 88.6 Å². The molecule has 3 nitrogen and oxygen atoms in total. The Morgan fingerprint density at radius 1 is 0.339 bits per heavy atom. The average Bonchev–Trinajstić information content (AvgIpc) is 3.27. The van der Waals surface area contributed by atoms with E-state index in [1.807, 2.05) is 182 Å². The van der Waals surface area contributed by atoms with Crippen molar-refractivity contribution in [2.24, 2.45) is 0 Å². The van der Waals surface area contributed by atoms with Crippen molar-refractivity contribution in [3.8, 4) is 0 Å². The number of hydrogen-bond acceptors (Lipinski definition) is 3. The Kier molecular flexibility index (Phi) is 15.1. The standard InChI is InChI=1S/3C17H13O.CCl3.Pd/c3*18-17(13-11-15-7-3-1-4-8-15)14-12-16-9-5-2-6-10-16;2-1(3)4;/h3*1-13H;;. The number of alkyl halides is 3. The molecule has 0 spiro atoms. The molecule has 0 N–H and O–H groups in total. The molecule has 6 aromatic rings. The first kappa shape index (κ1) is 42.9. The molecule has 0 amide bonds. The van der Waals surface area contributed by atoms with Crippen LogP contribution >= 0.6 is 34.8 Å². The second-order valence-corrected chi connectivity index (χ2v) is 22.4. The maximum absolute atomic E-state index is 15.3. The first-order valence-corrected chi connectivity index (χ1v) is 22.7. The van der Waals surface area contributed by atoms with Gasteiger partial charge >= 0.3 is 367 Å². The molecule has 0 heterocycles. The summed E-state index contributed by atoms with van der Waals surface area (Å²) >= 11 is 17.3. The van der Waals surface area contributed by atoms with Crippen LogP contribution in [0.4, 0.5) is 0 Å². The maximum atomic E-state index is 15.3. The molecule has 0 unspecified atom stereocenters. The zero-order valence-electron chi connectivity index (χ0n) is 31.7. The van der Waals surface area contributed by atoms with Crippen LogP contribution < -0.4 is 0 Å². The SMILES string of the molecule is O=C(C=Cc1ccccc1)[C](=Cc1ccccc1)[Pd]([C](=Cc1ccccc1)C(=O)C=Cc1ccccc1)([C](=Cc1ccccc1)C(=O)C=Cc1ccccc1)[C](Cl)(Cl)Cl. The Bertz CT molecular complexity index is 2260. The molecule has 59 heavy (non-hydrogen) atoms. The minimum absolute atomic E-state index is 0.0279. The van der Waals surface area contributed by atoms with Crippen LogP contribution in [0.1, 0.15) is 33.4 Å². The van der Waals surface area contributed by atoms with Gasteiger partial charge in [0.25, 0.3) is 0 Å². The van der Waals surface area contributed by atoms with E-state index in [4.69, 9.17) is 34.8 Å². The van der Waals surface area contributed by atoms with E-state index in [1.54, 1.807) is 36.5 Å². The Balaban J connectivity index is 1.78. The van der Waals surface area contributed by atoms with Crippen LogP contribution in [0.15, 0.2) is 212 Å². The van der Waals surface area contributed by atoms with Crippen LogP contribution in [0.2, 0.25) is 0 Å². The summed E-state index contributed by atoms with van der Waals surface area (Å²) in [5.41, 5.74) is 4.09. The molecule has 0 aromatic heterocycles. The number of ketones is 3. The van der Waals surface area contributed by atoms with Crippen molar-refractivity contribution in [1.82, 2.24) is 0 Å². The van der Waals surface area contributed by atoms with E-state index in [-0.39, 0.29) is 12.1 Å². The summed E-state index contributed by atoms with van der Waals surface area (Å²) in [6, 6.07) is 55.5.